The molecule has 1 N–H and O–H groups in total. The van der Waals surface area contributed by atoms with Crippen LogP contribution in [0.4, 0.5) is 5.69 Å². The molecule has 1 amide bonds. The van der Waals surface area contributed by atoms with Gasteiger partial charge in [-0.1, -0.05) is 12.1 Å². The van der Waals surface area contributed by atoms with Gasteiger partial charge in [0, 0.05) is 35.1 Å². The Balaban J connectivity index is 1.64. The van der Waals surface area contributed by atoms with E-state index in [4.69, 9.17) is 4.74 Å². The van der Waals surface area contributed by atoms with Crippen LogP contribution in [0.3, 0.4) is 0 Å². The molecule has 0 saturated heterocycles. The summed E-state index contributed by atoms with van der Waals surface area (Å²) in [6, 6.07) is 11.0. The molecule has 0 aliphatic carbocycles. The van der Waals surface area contributed by atoms with Crippen LogP contribution >= 0.6 is 11.3 Å². The van der Waals surface area contributed by atoms with E-state index in [1.54, 1.807) is 54.1 Å². The second-order valence-corrected chi connectivity index (χ2v) is 5.49. The van der Waals surface area contributed by atoms with Crippen molar-refractivity contribution in [2.45, 2.75) is 0 Å². The molecule has 0 unspecified atom stereocenters. The molecule has 23 heavy (non-hydrogen) atoms. The zero-order valence-electron chi connectivity index (χ0n) is 12.0. The molecule has 6 heteroatoms. The number of ether oxygens (including phenoxy) is 1. The van der Waals surface area contributed by atoms with E-state index in [2.05, 4.69) is 15.3 Å². The first kappa shape index (κ1) is 14.9. The van der Waals surface area contributed by atoms with Gasteiger partial charge in [-0.3, -0.25) is 9.78 Å². The lowest BCUT2D eigenvalue weighted by atomic mass is 10.3. The van der Waals surface area contributed by atoms with Crippen LogP contribution in [-0.4, -0.2) is 15.9 Å². The first-order valence-corrected chi connectivity index (χ1v) is 7.74. The maximum absolute atomic E-state index is 11.9. The van der Waals surface area contributed by atoms with Crippen molar-refractivity contribution in [3.05, 3.63) is 71.3 Å². The fourth-order valence-corrected chi connectivity index (χ4v) is 2.44. The Labute approximate surface area is 137 Å². The highest BCUT2D eigenvalue weighted by Crippen LogP contribution is 2.22. The molecule has 0 saturated carbocycles. The largest absolute Gasteiger partial charge is 0.437 e. The second-order valence-electron chi connectivity index (χ2n) is 4.51. The Morgan fingerprint density at radius 1 is 1.22 bits per heavy atom. The van der Waals surface area contributed by atoms with Gasteiger partial charge >= 0.3 is 0 Å². The molecule has 2 heterocycles. The first-order chi connectivity index (χ1) is 11.3. The number of carbonyl (C=O) groups excluding carboxylic acids is 1. The van der Waals surface area contributed by atoms with Crippen molar-refractivity contribution >= 4 is 29.0 Å². The number of thiophene rings is 1. The van der Waals surface area contributed by atoms with Crippen LogP contribution in [0.5, 0.6) is 11.6 Å². The monoisotopic (exact) mass is 323 g/mol. The number of hydrogen-bond donors (Lipinski definition) is 1. The van der Waals surface area contributed by atoms with Gasteiger partial charge in [-0.05, 0) is 29.7 Å². The van der Waals surface area contributed by atoms with E-state index < -0.39 is 0 Å². The van der Waals surface area contributed by atoms with Crippen molar-refractivity contribution in [3.8, 4) is 11.6 Å². The summed E-state index contributed by atoms with van der Waals surface area (Å²) in [5, 5.41) is 4.76. The summed E-state index contributed by atoms with van der Waals surface area (Å²) in [6.07, 6.45) is 7.93. The average molecular weight is 323 g/mol. The van der Waals surface area contributed by atoms with Gasteiger partial charge in [0.2, 0.25) is 11.8 Å². The summed E-state index contributed by atoms with van der Waals surface area (Å²) in [7, 11) is 0. The molecule has 0 radical (unpaired) electrons. The van der Waals surface area contributed by atoms with E-state index in [1.807, 2.05) is 17.5 Å². The molecule has 0 aliphatic rings. The van der Waals surface area contributed by atoms with E-state index in [0.717, 1.165) is 4.88 Å². The van der Waals surface area contributed by atoms with Crippen LogP contribution < -0.4 is 10.1 Å². The predicted molar refractivity (Wildman–Crippen MR) is 90.5 cm³/mol. The minimum Gasteiger partial charge on any atom is -0.437 e. The van der Waals surface area contributed by atoms with Crippen LogP contribution in [0.1, 0.15) is 4.88 Å². The second kappa shape index (κ2) is 7.33. The highest BCUT2D eigenvalue weighted by atomic mass is 32.1. The van der Waals surface area contributed by atoms with Gasteiger partial charge in [-0.15, -0.1) is 11.3 Å². The van der Waals surface area contributed by atoms with Crippen molar-refractivity contribution in [1.29, 1.82) is 0 Å². The van der Waals surface area contributed by atoms with E-state index >= 15 is 0 Å². The lowest BCUT2D eigenvalue weighted by Gasteiger charge is -2.06. The standard InChI is InChI=1S/C17H13N3O2S/c21-16(7-6-15-5-2-10-23-15)20-13-3-1-4-14(11-13)22-17-12-18-8-9-19-17/h1-12H,(H,20,21)/b7-6+. The molecular weight excluding hydrogens is 310 g/mol. The number of hydrogen-bond acceptors (Lipinski definition) is 5. The highest BCUT2D eigenvalue weighted by molar-refractivity contribution is 7.10. The Morgan fingerprint density at radius 2 is 2.17 bits per heavy atom. The Kier molecular flexibility index (Phi) is 4.76. The summed E-state index contributed by atoms with van der Waals surface area (Å²) in [4.78, 5) is 20.9. The fraction of sp³-hybridized carbons (Fsp3) is 0. The molecule has 3 rings (SSSR count). The third kappa shape index (κ3) is 4.49. The van der Waals surface area contributed by atoms with Crippen LogP contribution in [0, 0.1) is 0 Å². The zero-order valence-corrected chi connectivity index (χ0v) is 12.9. The summed E-state index contributed by atoms with van der Waals surface area (Å²) in [5.41, 5.74) is 0.646. The number of benzene rings is 1. The summed E-state index contributed by atoms with van der Waals surface area (Å²) < 4.78 is 5.58. The van der Waals surface area contributed by atoms with Crippen molar-refractivity contribution < 1.29 is 9.53 Å². The van der Waals surface area contributed by atoms with Gasteiger partial charge in [-0.2, -0.15) is 0 Å². The first-order valence-electron chi connectivity index (χ1n) is 6.86. The molecule has 0 spiro atoms. The predicted octanol–water partition coefficient (Wildman–Crippen LogP) is 3.98. The van der Waals surface area contributed by atoms with E-state index in [9.17, 15) is 4.79 Å². The Hall–Kier alpha value is -2.99. The van der Waals surface area contributed by atoms with Crippen LogP contribution in [0.2, 0.25) is 0 Å². The number of anilines is 1. The van der Waals surface area contributed by atoms with E-state index in [-0.39, 0.29) is 5.91 Å². The molecule has 0 bridgehead atoms. The molecule has 114 valence electrons. The van der Waals surface area contributed by atoms with Gasteiger partial charge in [0.1, 0.15) is 5.75 Å². The third-order valence-electron chi connectivity index (χ3n) is 2.81. The average Bonchev–Trinajstić information content (AvgIpc) is 3.08. The van der Waals surface area contributed by atoms with Crippen molar-refractivity contribution in [1.82, 2.24) is 9.97 Å². The minimum atomic E-state index is -0.199. The van der Waals surface area contributed by atoms with Gasteiger partial charge in [-0.25, -0.2) is 4.98 Å². The van der Waals surface area contributed by atoms with Gasteiger partial charge in [0.05, 0.1) is 6.20 Å². The molecule has 0 atom stereocenters. The topological polar surface area (TPSA) is 64.1 Å². The smallest absolute Gasteiger partial charge is 0.248 e. The quantitative estimate of drug-likeness (QED) is 0.721. The molecule has 0 fully saturated rings. The fourth-order valence-electron chi connectivity index (χ4n) is 1.82. The maximum atomic E-state index is 11.9. The Bertz CT molecular complexity index is 802. The lowest BCUT2D eigenvalue weighted by molar-refractivity contribution is -0.111. The third-order valence-corrected chi connectivity index (χ3v) is 3.64. The summed E-state index contributed by atoms with van der Waals surface area (Å²) >= 11 is 1.58. The van der Waals surface area contributed by atoms with E-state index in [1.165, 1.54) is 12.3 Å². The lowest BCUT2D eigenvalue weighted by Crippen LogP contribution is -2.07. The van der Waals surface area contributed by atoms with Crippen molar-refractivity contribution in [2.24, 2.45) is 0 Å². The molecule has 3 aromatic rings. The van der Waals surface area contributed by atoms with Gasteiger partial charge < -0.3 is 10.1 Å². The number of rotatable bonds is 5. The van der Waals surface area contributed by atoms with Gasteiger partial charge in [0.25, 0.3) is 0 Å². The number of amides is 1. The number of aromatic nitrogens is 2. The normalized spacial score (nSPS) is 10.6. The molecule has 2 aromatic heterocycles. The van der Waals surface area contributed by atoms with E-state index in [0.29, 0.717) is 17.3 Å². The molecule has 1 aromatic carbocycles. The van der Waals surface area contributed by atoms with Crippen LogP contribution in [0.15, 0.2) is 66.4 Å². The summed E-state index contributed by atoms with van der Waals surface area (Å²) in [6.45, 7) is 0. The number of nitrogens with zero attached hydrogens (tertiary/aromatic N) is 2. The maximum Gasteiger partial charge on any atom is 0.248 e. The SMILES string of the molecule is O=C(/C=C/c1cccs1)Nc1cccc(Oc2cnccn2)c1. The zero-order chi connectivity index (χ0) is 15.9. The Morgan fingerprint density at radius 3 is 2.96 bits per heavy atom. The van der Waals surface area contributed by atoms with Crippen molar-refractivity contribution in [2.75, 3.05) is 5.32 Å². The summed E-state index contributed by atoms with van der Waals surface area (Å²) in [5.74, 6) is 0.772. The molecular formula is C17H13N3O2S. The molecule has 0 aliphatic heterocycles. The van der Waals surface area contributed by atoms with Crippen LogP contribution in [-0.2, 0) is 4.79 Å². The van der Waals surface area contributed by atoms with Crippen molar-refractivity contribution in [3.63, 3.8) is 0 Å². The minimum absolute atomic E-state index is 0.199. The highest BCUT2D eigenvalue weighted by Gasteiger charge is 2.02. The number of carbonyl (C=O) groups is 1. The molecule has 5 nitrogen and oxygen atoms in total. The van der Waals surface area contributed by atoms with Crippen LogP contribution in [0.25, 0.3) is 6.08 Å². The van der Waals surface area contributed by atoms with Gasteiger partial charge in [0.15, 0.2) is 0 Å². The number of nitrogens with one attached hydrogen (secondary N) is 1.